The summed E-state index contributed by atoms with van der Waals surface area (Å²) in [5, 5.41) is 5.76. The molecule has 2 aromatic carbocycles. The van der Waals surface area contributed by atoms with Gasteiger partial charge < -0.3 is 20.3 Å². The van der Waals surface area contributed by atoms with Crippen LogP contribution >= 0.6 is 0 Å². The number of piperidine rings is 2. The lowest BCUT2D eigenvalue weighted by atomic mass is 9.94. The minimum Gasteiger partial charge on any atom is -0.457 e. The summed E-state index contributed by atoms with van der Waals surface area (Å²) in [6, 6.07) is 17.5. The van der Waals surface area contributed by atoms with Crippen LogP contribution in [-0.4, -0.2) is 68.7 Å². The summed E-state index contributed by atoms with van der Waals surface area (Å²) in [4.78, 5) is 26.5. The molecule has 4 heterocycles. The number of carbonyl (C=O) groups excluding carboxylic acids is 1. The molecule has 0 bridgehead atoms. The lowest BCUT2D eigenvalue weighted by Crippen LogP contribution is -2.46. The second-order valence-electron chi connectivity index (χ2n) is 10.3. The van der Waals surface area contributed by atoms with Crippen molar-refractivity contribution in [3.8, 4) is 22.8 Å². The number of nitrogens with zero attached hydrogens (tertiary/aromatic N) is 6. The SMILES string of the molecule is CN1CCC(C(=O)N2CCCC(n3nc(-c4ccc(Oc5ccccc5)cc4)c4c(N)ncnc43)C2)CC1. The third-order valence-corrected chi connectivity index (χ3v) is 7.75. The number of aromatic nitrogens is 4. The number of hydrogen-bond acceptors (Lipinski definition) is 7. The van der Waals surface area contributed by atoms with Crippen LogP contribution in [-0.2, 0) is 4.79 Å². The first-order chi connectivity index (χ1) is 18.6. The maximum atomic E-state index is 13.4. The Balaban J connectivity index is 1.27. The van der Waals surface area contributed by atoms with Gasteiger partial charge in [-0.15, -0.1) is 0 Å². The summed E-state index contributed by atoms with van der Waals surface area (Å²) in [5.41, 5.74) is 8.71. The topological polar surface area (TPSA) is 102 Å². The Morgan fingerprint density at radius 3 is 2.45 bits per heavy atom. The molecule has 1 unspecified atom stereocenters. The number of nitrogens with two attached hydrogens (primary N) is 1. The minimum absolute atomic E-state index is 0.0326. The van der Waals surface area contributed by atoms with Gasteiger partial charge in [0.2, 0.25) is 5.91 Å². The Labute approximate surface area is 222 Å². The van der Waals surface area contributed by atoms with Gasteiger partial charge in [0.15, 0.2) is 5.65 Å². The molecule has 196 valence electrons. The Bertz CT molecular complexity index is 1410. The van der Waals surface area contributed by atoms with Crippen molar-refractivity contribution in [1.29, 1.82) is 0 Å². The zero-order valence-electron chi connectivity index (χ0n) is 21.7. The second-order valence-corrected chi connectivity index (χ2v) is 10.3. The van der Waals surface area contributed by atoms with E-state index in [2.05, 4.69) is 21.9 Å². The third kappa shape index (κ3) is 4.81. The zero-order chi connectivity index (χ0) is 26.1. The highest BCUT2D eigenvalue weighted by molar-refractivity contribution is 5.98. The lowest BCUT2D eigenvalue weighted by Gasteiger charge is -2.37. The summed E-state index contributed by atoms with van der Waals surface area (Å²) < 4.78 is 7.92. The van der Waals surface area contributed by atoms with E-state index in [0.717, 1.165) is 73.5 Å². The Hall–Kier alpha value is -3.98. The van der Waals surface area contributed by atoms with Crippen molar-refractivity contribution < 1.29 is 9.53 Å². The van der Waals surface area contributed by atoms with Crippen molar-refractivity contribution in [3.63, 3.8) is 0 Å². The highest BCUT2D eigenvalue weighted by Crippen LogP contribution is 2.35. The van der Waals surface area contributed by atoms with E-state index in [1.54, 1.807) is 0 Å². The number of para-hydroxylation sites is 1. The Kier molecular flexibility index (Phi) is 6.68. The molecule has 2 N–H and O–H groups in total. The molecule has 2 aromatic heterocycles. The number of rotatable bonds is 5. The van der Waals surface area contributed by atoms with Crippen LogP contribution in [0.2, 0.25) is 0 Å². The van der Waals surface area contributed by atoms with Crippen LogP contribution in [0.4, 0.5) is 5.82 Å². The Morgan fingerprint density at radius 2 is 1.68 bits per heavy atom. The number of benzene rings is 2. The van der Waals surface area contributed by atoms with E-state index in [-0.39, 0.29) is 17.9 Å². The number of ether oxygens (including phenoxy) is 1. The van der Waals surface area contributed by atoms with Gasteiger partial charge in [-0.3, -0.25) is 4.79 Å². The first kappa shape index (κ1) is 24.4. The van der Waals surface area contributed by atoms with Crippen molar-refractivity contribution in [2.24, 2.45) is 5.92 Å². The van der Waals surface area contributed by atoms with E-state index in [9.17, 15) is 4.79 Å². The highest BCUT2D eigenvalue weighted by Gasteiger charge is 2.33. The molecule has 2 aliphatic heterocycles. The standard InChI is InChI=1S/C29H33N7O2/c1-34-16-13-21(14-17-34)29(37)35-15-5-6-22(18-35)36-28-25(27(30)31-19-32-28)26(33-36)20-9-11-24(12-10-20)38-23-7-3-2-4-8-23/h2-4,7-12,19,21-22H,5-6,13-18H2,1H3,(H2,30,31,32). The predicted molar refractivity (Wildman–Crippen MR) is 147 cm³/mol. The molecule has 9 nitrogen and oxygen atoms in total. The fourth-order valence-corrected chi connectivity index (χ4v) is 5.63. The van der Waals surface area contributed by atoms with E-state index >= 15 is 0 Å². The molecule has 4 aromatic rings. The van der Waals surface area contributed by atoms with Gasteiger partial charge in [0.25, 0.3) is 0 Å². The summed E-state index contributed by atoms with van der Waals surface area (Å²) in [7, 11) is 2.12. The quantitative estimate of drug-likeness (QED) is 0.424. The molecule has 0 spiro atoms. The number of amides is 1. The van der Waals surface area contributed by atoms with Gasteiger partial charge in [-0.05, 0) is 82.2 Å². The van der Waals surface area contributed by atoms with Gasteiger partial charge in [-0.2, -0.15) is 5.10 Å². The predicted octanol–water partition coefficient (Wildman–Crippen LogP) is 4.37. The number of likely N-dealkylation sites (tertiary alicyclic amines) is 2. The molecule has 6 rings (SSSR count). The number of carbonyl (C=O) groups is 1. The number of anilines is 1. The van der Waals surface area contributed by atoms with Crippen LogP contribution < -0.4 is 10.5 Å². The summed E-state index contributed by atoms with van der Waals surface area (Å²) in [6.07, 6.45) is 5.21. The van der Waals surface area contributed by atoms with E-state index in [1.165, 1.54) is 6.33 Å². The average molecular weight is 512 g/mol. The molecule has 9 heteroatoms. The summed E-state index contributed by atoms with van der Waals surface area (Å²) in [5.74, 6) is 2.32. The third-order valence-electron chi connectivity index (χ3n) is 7.75. The zero-order valence-corrected chi connectivity index (χ0v) is 21.7. The molecule has 2 aliphatic rings. The van der Waals surface area contributed by atoms with Gasteiger partial charge in [0, 0.05) is 24.6 Å². The highest BCUT2D eigenvalue weighted by atomic mass is 16.5. The molecule has 0 saturated carbocycles. The van der Waals surface area contributed by atoms with Crippen LogP contribution in [0, 0.1) is 5.92 Å². The maximum absolute atomic E-state index is 13.4. The van der Waals surface area contributed by atoms with E-state index in [4.69, 9.17) is 15.6 Å². The number of nitrogen functional groups attached to an aromatic ring is 1. The van der Waals surface area contributed by atoms with E-state index in [1.807, 2.05) is 64.2 Å². The first-order valence-electron chi connectivity index (χ1n) is 13.4. The molecule has 1 amide bonds. The smallest absolute Gasteiger partial charge is 0.225 e. The fraction of sp³-hybridized carbons (Fsp3) is 0.379. The van der Waals surface area contributed by atoms with Gasteiger partial charge in [0.1, 0.15) is 29.3 Å². The largest absolute Gasteiger partial charge is 0.457 e. The van der Waals surface area contributed by atoms with Crippen LogP contribution in [0.5, 0.6) is 11.5 Å². The molecule has 2 saturated heterocycles. The molecule has 0 radical (unpaired) electrons. The normalized spacial score (nSPS) is 19.1. The van der Waals surface area contributed by atoms with Crippen molar-refractivity contribution in [1.82, 2.24) is 29.5 Å². The minimum atomic E-state index is 0.0326. The summed E-state index contributed by atoms with van der Waals surface area (Å²) in [6.45, 7) is 3.39. The van der Waals surface area contributed by atoms with Gasteiger partial charge in [-0.1, -0.05) is 18.2 Å². The monoisotopic (exact) mass is 511 g/mol. The van der Waals surface area contributed by atoms with Crippen molar-refractivity contribution in [2.45, 2.75) is 31.7 Å². The first-order valence-corrected chi connectivity index (χ1v) is 13.4. The van der Waals surface area contributed by atoms with Gasteiger partial charge >= 0.3 is 0 Å². The molecule has 1 atom stereocenters. The molecule has 2 fully saturated rings. The van der Waals surface area contributed by atoms with E-state index in [0.29, 0.717) is 18.0 Å². The van der Waals surface area contributed by atoms with E-state index < -0.39 is 0 Å². The molecule has 38 heavy (non-hydrogen) atoms. The number of hydrogen-bond donors (Lipinski definition) is 1. The maximum Gasteiger partial charge on any atom is 0.225 e. The van der Waals surface area contributed by atoms with Crippen LogP contribution in [0.3, 0.4) is 0 Å². The lowest BCUT2D eigenvalue weighted by molar-refractivity contribution is -0.138. The average Bonchev–Trinajstić information content (AvgIpc) is 3.35. The molecular formula is C29H33N7O2. The second kappa shape index (κ2) is 10.4. The Morgan fingerprint density at radius 1 is 0.947 bits per heavy atom. The van der Waals surface area contributed by atoms with Crippen LogP contribution in [0.25, 0.3) is 22.3 Å². The van der Waals surface area contributed by atoms with Gasteiger partial charge in [0.05, 0.1) is 11.4 Å². The molecule has 0 aliphatic carbocycles. The molecular weight excluding hydrogens is 478 g/mol. The van der Waals surface area contributed by atoms with Crippen molar-refractivity contribution >= 4 is 22.8 Å². The fourth-order valence-electron chi connectivity index (χ4n) is 5.63. The number of fused-ring (bicyclic) bond motifs is 1. The van der Waals surface area contributed by atoms with Gasteiger partial charge in [-0.25, -0.2) is 14.6 Å². The summed E-state index contributed by atoms with van der Waals surface area (Å²) >= 11 is 0. The van der Waals surface area contributed by atoms with Crippen LogP contribution in [0.1, 0.15) is 31.7 Å². The van der Waals surface area contributed by atoms with Crippen molar-refractivity contribution in [2.75, 3.05) is 39.0 Å². The van der Waals surface area contributed by atoms with Crippen molar-refractivity contribution in [3.05, 3.63) is 60.9 Å². The van der Waals surface area contributed by atoms with Crippen LogP contribution in [0.15, 0.2) is 60.9 Å².